The number of benzene rings is 1. The number of aliphatic hydroxyl groups is 1. The monoisotopic (exact) mass is 443 g/mol. The number of piperidine rings is 1. The van der Waals surface area contributed by atoms with Crippen molar-refractivity contribution in [2.24, 2.45) is 0 Å². The van der Waals surface area contributed by atoms with Crippen LogP contribution in [0, 0.1) is 0 Å². The summed E-state index contributed by atoms with van der Waals surface area (Å²) in [6, 6.07) is 10.2. The Morgan fingerprint density at radius 2 is 2.00 bits per heavy atom. The Morgan fingerprint density at radius 1 is 1.19 bits per heavy atom. The smallest absolute Gasteiger partial charge is 0.232 e. The summed E-state index contributed by atoms with van der Waals surface area (Å²) < 4.78 is 17.4. The predicted molar refractivity (Wildman–Crippen MR) is 125 cm³/mol. The van der Waals surface area contributed by atoms with Crippen molar-refractivity contribution in [2.45, 2.75) is 57.8 Å². The van der Waals surface area contributed by atoms with E-state index in [9.17, 15) is 5.11 Å². The molecule has 2 fully saturated rings. The van der Waals surface area contributed by atoms with Crippen LogP contribution >= 0.6 is 0 Å². The third-order valence-electron chi connectivity index (χ3n) is 6.31. The van der Waals surface area contributed by atoms with Crippen molar-refractivity contribution in [3.63, 3.8) is 0 Å². The van der Waals surface area contributed by atoms with Crippen LogP contribution in [0.3, 0.4) is 0 Å². The molecule has 1 N–H and O–H groups in total. The third-order valence-corrected chi connectivity index (χ3v) is 6.31. The van der Waals surface area contributed by atoms with E-state index < -0.39 is 6.10 Å². The van der Waals surface area contributed by atoms with Crippen LogP contribution in [0.5, 0.6) is 0 Å². The predicted octanol–water partition coefficient (Wildman–Crippen LogP) is 3.71. The lowest BCUT2D eigenvalue weighted by molar-refractivity contribution is 0.00519. The maximum Gasteiger partial charge on any atom is 0.232 e. The second-order valence-corrected chi connectivity index (χ2v) is 8.87. The van der Waals surface area contributed by atoms with E-state index in [1.54, 1.807) is 0 Å². The molecule has 4 rings (SSSR count). The van der Waals surface area contributed by atoms with E-state index in [0.717, 1.165) is 61.8 Å². The normalized spacial score (nSPS) is 20.2. The van der Waals surface area contributed by atoms with Crippen molar-refractivity contribution in [3.8, 4) is 11.3 Å². The van der Waals surface area contributed by atoms with Crippen molar-refractivity contribution in [1.29, 1.82) is 0 Å². The van der Waals surface area contributed by atoms with Crippen molar-refractivity contribution in [3.05, 3.63) is 35.9 Å². The van der Waals surface area contributed by atoms with Gasteiger partial charge in [0.1, 0.15) is 5.69 Å². The van der Waals surface area contributed by atoms with Gasteiger partial charge in [0.25, 0.3) is 0 Å². The molecule has 2 saturated heterocycles. The maximum absolute atomic E-state index is 10.6. The van der Waals surface area contributed by atoms with Crippen LogP contribution in [0.1, 0.15) is 44.6 Å². The average molecular weight is 444 g/mol. The fourth-order valence-electron chi connectivity index (χ4n) is 4.72. The van der Waals surface area contributed by atoms with Gasteiger partial charge < -0.3 is 24.0 Å². The van der Waals surface area contributed by atoms with Crippen LogP contribution in [-0.4, -0.2) is 73.4 Å². The number of ether oxygens (including phenoxy) is 2. The average Bonchev–Trinajstić information content (AvgIpc) is 3.49. The SMILES string of the molecule is CCOC[C@H](O)CN(Cc1c(-c2ccccc2)noc1N1CCCCC1)C[C@H]1CCCO1. The van der Waals surface area contributed by atoms with Crippen LogP contribution in [0.4, 0.5) is 5.88 Å². The summed E-state index contributed by atoms with van der Waals surface area (Å²) in [6.45, 7) is 7.67. The lowest BCUT2D eigenvalue weighted by Crippen LogP contribution is -2.39. The summed E-state index contributed by atoms with van der Waals surface area (Å²) in [5.74, 6) is 0.875. The Hall–Kier alpha value is -1.93. The summed E-state index contributed by atoms with van der Waals surface area (Å²) in [5, 5.41) is 15.1. The largest absolute Gasteiger partial charge is 0.389 e. The van der Waals surface area contributed by atoms with E-state index in [0.29, 0.717) is 26.3 Å². The van der Waals surface area contributed by atoms with Crippen LogP contribution < -0.4 is 4.90 Å². The van der Waals surface area contributed by atoms with Crippen LogP contribution in [0.2, 0.25) is 0 Å². The molecule has 32 heavy (non-hydrogen) atoms. The second-order valence-electron chi connectivity index (χ2n) is 8.87. The first kappa shape index (κ1) is 23.2. The van der Waals surface area contributed by atoms with Gasteiger partial charge in [-0.3, -0.25) is 4.90 Å². The molecule has 176 valence electrons. The molecule has 7 nitrogen and oxygen atoms in total. The summed E-state index contributed by atoms with van der Waals surface area (Å²) in [6.07, 6.45) is 5.43. The van der Waals surface area contributed by atoms with E-state index >= 15 is 0 Å². The quantitative estimate of drug-likeness (QED) is 0.568. The molecular formula is C25H37N3O4. The molecule has 0 aliphatic carbocycles. The minimum absolute atomic E-state index is 0.202. The number of aromatic nitrogens is 1. The Morgan fingerprint density at radius 3 is 2.72 bits per heavy atom. The van der Waals surface area contributed by atoms with Crippen LogP contribution in [0.15, 0.2) is 34.9 Å². The second kappa shape index (κ2) is 11.8. The Kier molecular flexibility index (Phi) is 8.56. The van der Waals surface area contributed by atoms with Gasteiger partial charge >= 0.3 is 0 Å². The maximum atomic E-state index is 10.6. The van der Waals surface area contributed by atoms with Gasteiger partial charge in [0.05, 0.1) is 24.4 Å². The molecule has 0 amide bonds. The molecule has 3 heterocycles. The van der Waals surface area contributed by atoms with Crippen molar-refractivity contribution < 1.29 is 19.1 Å². The van der Waals surface area contributed by atoms with Gasteiger partial charge in [0.15, 0.2) is 0 Å². The molecule has 0 spiro atoms. The molecule has 0 radical (unpaired) electrons. The van der Waals surface area contributed by atoms with Crippen molar-refractivity contribution in [1.82, 2.24) is 10.1 Å². The highest BCUT2D eigenvalue weighted by Crippen LogP contribution is 2.34. The van der Waals surface area contributed by atoms with Gasteiger partial charge in [-0.15, -0.1) is 0 Å². The molecule has 2 atom stereocenters. The zero-order chi connectivity index (χ0) is 22.2. The molecule has 7 heteroatoms. The number of nitrogens with zero attached hydrogens (tertiary/aromatic N) is 3. The van der Waals surface area contributed by atoms with Crippen LogP contribution in [-0.2, 0) is 16.0 Å². The highest BCUT2D eigenvalue weighted by atomic mass is 16.5. The highest BCUT2D eigenvalue weighted by Gasteiger charge is 2.28. The Bertz CT molecular complexity index is 801. The van der Waals surface area contributed by atoms with E-state index in [-0.39, 0.29) is 6.10 Å². The third kappa shape index (κ3) is 6.10. The minimum atomic E-state index is -0.546. The van der Waals surface area contributed by atoms with Gasteiger partial charge in [0.2, 0.25) is 5.88 Å². The molecule has 0 unspecified atom stereocenters. The fourth-order valence-corrected chi connectivity index (χ4v) is 4.72. The molecule has 2 aliphatic rings. The highest BCUT2D eigenvalue weighted by molar-refractivity contribution is 5.68. The van der Waals surface area contributed by atoms with Gasteiger partial charge in [-0.05, 0) is 39.0 Å². The van der Waals surface area contributed by atoms with Gasteiger partial charge in [-0.1, -0.05) is 35.5 Å². The van der Waals surface area contributed by atoms with Gasteiger partial charge in [-0.2, -0.15) is 0 Å². The van der Waals surface area contributed by atoms with Crippen molar-refractivity contribution >= 4 is 5.88 Å². The minimum Gasteiger partial charge on any atom is -0.389 e. The first-order chi connectivity index (χ1) is 15.7. The molecule has 2 aromatic rings. The van der Waals surface area contributed by atoms with Gasteiger partial charge in [0, 0.05) is 51.5 Å². The zero-order valence-corrected chi connectivity index (χ0v) is 19.2. The summed E-state index contributed by atoms with van der Waals surface area (Å²) in [4.78, 5) is 4.62. The van der Waals surface area contributed by atoms with E-state index in [1.165, 1.54) is 19.3 Å². The van der Waals surface area contributed by atoms with E-state index in [1.807, 2.05) is 25.1 Å². The van der Waals surface area contributed by atoms with E-state index in [4.69, 9.17) is 14.0 Å². The number of rotatable bonds is 11. The Labute approximate surface area is 191 Å². The lowest BCUT2D eigenvalue weighted by Gasteiger charge is -2.30. The molecular weight excluding hydrogens is 406 g/mol. The standard InChI is InChI=1S/C25H37N3O4/c1-2-30-19-21(29)16-27(17-22-12-9-15-31-22)18-23-24(20-10-5-3-6-11-20)26-32-25(23)28-13-7-4-8-14-28/h3,5-6,10-11,21-22,29H,2,4,7-9,12-19H2,1H3/t21-,22-/m1/s1. The van der Waals surface area contributed by atoms with Gasteiger partial charge in [-0.25, -0.2) is 0 Å². The number of hydrogen-bond donors (Lipinski definition) is 1. The molecule has 2 aliphatic heterocycles. The first-order valence-corrected chi connectivity index (χ1v) is 12.1. The van der Waals surface area contributed by atoms with Crippen molar-refractivity contribution in [2.75, 3.05) is 50.9 Å². The molecule has 0 bridgehead atoms. The summed E-state index contributed by atoms with van der Waals surface area (Å²) in [5.41, 5.74) is 3.05. The topological polar surface area (TPSA) is 71.2 Å². The Balaban J connectivity index is 1.60. The number of aliphatic hydroxyl groups excluding tert-OH is 1. The number of hydrogen-bond acceptors (Lipinski definition) is 7. The number of anilines is 1. The fraction of sp³-hybridized carbons (Fsp3) is 0.640. The molecule has 1 aromatic carbocycles. The molecule has 1 aromatic heterocycles. The van der Waals surface area contributed by atoms with E-state index in [2.05, 4.69) is 27.1 Å². The van der Waals surface area contributed by atoms with Crippen LogP contribution in [0.25, 0.3) is 11.3 Å². The summed E-state index contributed by atoms with van der Waals surface area (Å²) in [7, 11) is 0. The first-order valence-electron chi connectivity index (χ1n) is 12.1. The summed E-state index contributed by atoms with van der Waals surface area (Å²) >= 11 is 0. The lowest BCUT2D eigenvalue weighted by atomic mass is 10.0. The molecule has 0 saturated carbocycles. The zero-order valence-electron chi connectivity index (χ0n) is 19.2.